The van der Waals surface area contributed by atoms with Crippen LogP contribution in [0.3, 0.4) is 0 Å². The van der Waals surface area contributed by atoms with Crippen molar-refractivity contribution in [2.45, 2.75) is 51.6 Å². The zero-order chi connectivity index (χ0) is 25.8. The molecule has 0 aromatic carbocycles. The average Bonchev–Trinajstić information content (AvgIpc) is 3.63. The summed E-state index contributed by atoms with van der Waals surface area (Å²) in [5, 5.41) is 10.4. The Bertz CT molecular complexity index is 1550. The van der Waals surface area contributed by atoms with Crippen molar-refractivity contribution in [2.75, 3.05) is 0 Å². The maximum absolute atomic E-state index is 14.2. The van der Waals surface area contributed by atoms with Gasteiger partial charge in [-0.15, -0.1) is 0 Å². The summed E-state index contributed by atoms with van der Waals surface area (Å²) in [7, 11) is 0. The fourth-order valence-electron chi connectivity index (χ4n) is 4.56. The molecule has 7 nitrogen and oxygen atoms in total. The minimum atomic E-state index is -1.21. The SMILES string of the molecule is Cc1cnc(-c2ccnc(C(C)(C)O)n2)cc1-n1c(C)cc([C@@H]2CC2c2ccncc2F)c(Cl)c1=O. The summed E-state index contributed by atoms with van der Waals surface area (Å²) in [6.07, 6.45) is 6.75. The lowest BCUT2D eigenvalue weighted by molar-refractivity contribution is 0.0688. The van der Waals surface area contributed by atoms with Gasteiger partial charge in [-0.3, -0.25) is 19.3 Å². The van der Waals surface area contributed by atoms with Crippen molar-refractivity contribution in [3.63, 3.8) is 0 Å². The van der Waals surface area contributed by atoms with Crippen LogP contribution in [0.5, 0.6) is 0 Å². The Labute approximate surface area is 212 Å². The quantitative estimate of drug-likeness (QED) is 0.410. The number of aromatic nitrogens is 5. The van der Waals surface area contributed by atoms with Crippen LogP contribution >= 0.6 is 11.6 Å². The van der Waals surface area contributed by atoms with Gasteiger partial charge in [-0.1, -0.05) is 11.6 Å². The summed E-state index contributed by atoms with van der Waals surface area (Å²) in [5.41, 5.74) is 2.96. The molecule has 184 valence electrons. The van der Waals surface area contributed by atoms with Crippen molar-refractivity contribution in [2.24, 2.45) is 0 Å². The monoisotopic (exact) mass is 505 g/mol. The Balaban J connectivity index is 1.55. The number of rotatable bonds is 5. The lowest BCUT2D eigenvalue weighted by atomic mass is 10.0. The van der Waals surface area contributed by atoms with E-state index in [1.165, 1.54) is 6.20 Å². The summed E-state index contributed by atoms with van der Waals surface area (Å²) in [6, 6.07) is 7.07. The summed E-state index contributed by atoms with van der Waals surface area (Å²) in [4.78, 5) is 30.4. The molecule has 0 aliphatic heterocycles. The molecule has 4 aromatic heterocycles. The van der Waals surface area contributed by atoms with E-state index in [1.54, 1.807) is 55.2 Å². The molecule has 1 unspecified atom stereocenters. The second-order valence-corrected chi connectivity index (χ2v) is 10.1. The predicted molar refractivity (Wildman–Crippen MR) is 135 cm³/mol. The van der Waals surface area contributed by atoms with Crippen LogP contribution in [0.25, 0.3) is 17.1 Å². The minimum absolute atomic E-state index is 0.0224. The molecular weight excluding hydrogens is 481 g/mol. The number of halogens is 2. The van der Waals surface area contributed by atoms with Gasteiger partial charge in [0, 0.05) is 24.3 Å². The number of hydrogen-bond donors (Lipinski definition) is 1. The summed E-state index contributed by atoms with van der Waals surface area (Å²) in [6.45, 7) is 6.94. The molecule has 1 N–H and O–H groups in total. The maximum atomic E-state index is 14.2. The van der Waals surface area contributed by atoms with E-state index in [0.29, 0.717) is 28.3 Å². The molecule has 1 aliphatic carbocycles. The Morgan fingerprint density at radius 1 is 1.06 bits per heavy atom. The third-order valence-electron chi connectivity index (χ3n) is 6.54. The first kappa shape index (κ1) is 24.2. The molecule has 1 aliphatic rings. The second kappa shape index (κ2) is 8.87. The van der Waals surface area contributed by atoms with Crippen LogP contribution in [-0.4, -0.2) is 29.6 Å². The van der Waals surface area contributed by atoms with Gasteiger partial charge in [0.2, 0.25) is 0 Å². The molecule has 4 heterocycles. The molecular formula is C27H25ClFN5O2. The second-order valence-electron chi connectivity index (χ2n) is 9.72. The van der Waals surface area contributed by atoms with Gasteiger partial charge in [-0.05, 0) is 86.9 Å². The molecule has 0 bridgehead atoms. The van der Waals surface area contributed by atoms with Crippen molar-refractivity contribution in [3.05, 3.63) is 98.5 Å². The highest BCUT2D eigenvalue weighted by Crippen LogP contribution is 2.56. The highest BCUT2D eigenvalue weighted by molar-refractivity contribution is 6.31. The number of aliphatic hydroxyl groups is 1. The van der Waals surface area contributed by atoms with Crippen molar-refractivity contribution in [1.29, 1.82) is 0 Å². The van der Waals surface area contributed by atoms with Gasteiger partial charge in [-0.25, -0.2) is 14.4 Å². The fourth-order valence-corrected chi connectivity index (χ4v) is 4.84. The standard InChI is InChI=1S/C27H25ClFN5O2/c1-14-12-32-22(21-6-8-31-26(33-21)27(3,4)36)11-23(14)34-15(2)9-19(24(28)25(34)35)18-10-17(18)16-5-7-30-13-20(16)29/h5-9,11-13,17-18,36H,10H2,1-4H3/t17?,18-/m1/s1. The third kappa shape index (κ3) is 4.31. The molecule has 0 amide bonds. The average molecular weight is 506 g/mol. The van der Waals surface area contributed by atoms with Crippen LogP contribution in [0, 0.1) is 19.7 Å². The Morgan fingerprint density at radius 3 is 2.53 bits per heavy atom. The van der Waals surface area contributed by atoms with Gasteiger partial charge >= 0.3 is 0 Å². The van der Waals surface area contributed by atoms with E-state index in [0.717, 1.165) is 17.5 Å². The Hall–Kier alpha value is -3.49. The first-order valence-corrected chi connectivity index (χ1v) is 12.0. The first-order valence-electron chi connectivity index (χ1n) is 11.6. The van der Waals surface area contributed by atoms with E-state index in [1.807, 2.05) is 19.9 Å². The zero-order valence-electron chi connectivity index (χ0n) is 20.3. The van der Waals surface area contributed by atoms with Gasteiger partial charge in [0.1, 0.15) is 16.4 Å². The summed E-state index contributed by atoms with van der Waals surface area (Å²) in [5.74, 6) is -0.124. The number of hydrogen-bond acceptors (Lipinski definition) is 6. The van der Waals surface area contributed by atoms with Gasteiger partial charge in [0.25, 0.3) is 5.56 Å². The van der Waals surface area contributed by atoms with Gasteiger partial charge in [-0.2, -0.15) is 0 Å². The molecule has 1 saturated carbocycles. The zero-order valence-corrected chi connectivity index (χ0v) is 21.1. The number of pyridine rings is 3. The number of nitrogens with zero attached hydrogens (tertiary/aromatic N) is 5. The largest absolute Gasteiger partial charge is 0.382 e. The molecule has 0 spiro atoms. The Morgan fingerprint density at radius 2 is 1.81 bits per heavy atom. The van der Waals surface area contributed by atoms with Crippen LogP contribution in [0.2, 0.25) is 5.02 Å². The first-order chi connectivity index (χ1) is 17.1. The molecule has 5 rings (SSSR count). The molecule has 4 aromatic rings. The molecule has 2 atom stereocenters. The van der Waals surface area contributed by atoms with E-state index < -0.39 is 5.60 Å². The maximum Gasteiger partial charge on any atom is 0.274 e. The smallest absolute Gasteiger partial charge is 0.274 e. The molecule has 36 heavy (non-hydrogen) atoms. The van der Waals surface area contributed by atoms with Gasteiger partial charge in [0.05, 0.1) is 23.3 Å². The van der Waals surface area contributed by atoms with E-state index in [-0.39, 0.29) is 34.1 Å². The predicted octanol–water partition coefficient (Wildman–Crippen LogP) is 4.99. The van der Waals surface area contributed by atoms with Gasteiger partial charge < -0.3 is 5.11 Å². The van der Waals surface area contributed by atoms with E-state index >= 15 is 0 Å². The lowest BCUT2D eigenvalue weighted by Gasteiger charge is -2.17. The molecule has 9 heteroatoms. The van der Waals surface area contributed by atoms with Crippen LogP contribution in [0.1, 0.15) is 60.3 Å². The third-order valence-corrected chi connectivity index (χ3v) is 6.92. The van der Waals surface area contributed by atoms with Crippen molar-refractivity contribution in [1.82, 2.24) is 24.5 Å². The molecule has 0 saturated heterocycles. The van der Waals surface area contributed by atoms with Crippen molar-refractivity contribution < 1.29 is 9.50 Å². The van der Waals surface area contributed by atoms with Crippen LogP contribution < -0.4 is 5.56 Å². The highest BCUT2D eigenvalue weighted by Gasteiger charge is 2.43. The Kier molecular flexibility index (Phi) is 5.97. The van der Waals surface area contributed by atoms with Crippen LogP contribution in [-0.2, 0) is 5.60 Å². The lowest BCUT2D eigenvalue weighted by Crippen LogP contribution is -2.23. The van der Waals surface area contributed by atoms with Crippen LogP contribution in [0.15, 0.2) is 53.8 Å². The minimum Gasteiger partial charge on any atom is -0.382 e. The van der Waals surface area contributed by atoms with Crippen molar-refractivity contribution >= 4 is 11.6 Å². The van der Waals surface area contributed by atoms with Gasteiger partial charge in [0.15, 0.2) is 5.82 Å². The normalized spacial score (nSPS) is 17.3. The molecule has 0 radical (unpaired) electrons. The van der Waals surface area contributed by atoms with E-state index in [2.05, 4.69) is 19.9 Å². The number of aryl methyl sites for hydroxylation is 2. The van der Waals surface area contributed by atoms with Crippen molar-refractivity contribution in [3.8, 4) is 17.1 Å². The topological polar surface area (TPSA) is 93.8 Å². The van der Waals surface area contributed by atoms with Crippen LogP contribution in [0.4, 0.5) is 4.39 Å². The summed E-state index contributed by atoms with van der Waals surface area (Å²) >= 11 is 6.62. The summed E-state index contributed by atoms with van der Waals surface area (Å²) < 4.78 is 15.8. The van der Waals surface area contributed by atoms with E-state index in [9.17, 15) is 14.3 Å². The highest BCUT2D eigenvalue weighted by atomic mass is 35.5. The van der Waals surface area contributed by atoms with E-state index in [4.69, 9.17) is 11.6 Å². The molecule has 1 fully saturated rings. The fraction of sp³-hybridized carbons (Fsp3) is 0.296.